The molecule has 0 aliphatic carbocycles. The van der Waals surface area contributed by atoms with Crippen LogP contribution in [0.4, 0.5) is 0 Å². The van der Waals surface area contributed by atoms with Crippen LogP contribution in [0, 0.1) is 15.4 Å². The van der Waals surface area contributed by atoms with E-state index in [0.29, 0.717) is 24.7 Å². The quantitative estimate of drug-likeness (QED) is 0.0767. The summed E-state index contributed by atoms with van der Waals surface area (Å²) in [7, 11) is 0. The van der Waals surface area contributed by atoms with Crippen molar-refractivity contribution < 1.29 is 19.1 Å². The van der Waals surface area contributed by atoms with Crippen LogP contribution in [0.15, 0.2) is 30.3 Å². The summed E-state index contributed by atoms with van der Waals surface area (Å²) in [5, 5.41) is 0.159. The molecule has 0 heterocycles. The van der Waals surface area contributed by atoms with Gasteiger partial charge in [-0.05, 0) is 64.8 Å². The molecular formula is C36H49IO4S2. The van der Waals surface area contributed by atoms with Crippen molar-refractivity contribution in [3.63, 3.8) is 0 Å². The first-order valence-electron chi connectivity index (χ1n) is 15.8. The summed E-state index contributed by atoms with van der Waals surface area (Å²) in [5.41, 5.74) is 3.72. The number of halogens is 1. The molecule has 0 amide bonds. The highest BCUT2D eigenvalue weighted by atomic mass is 127. The first kappa shape index (κ1) is 37.6. The molecule has 2 aromatic rings. The van der Waals surface area contributed by atoms with Crippen molar-refractivity contribution in [1.82, 2.24) is 0 Å². The van der Waals surface area contributed by atoms with Crippen molar-refractivity contribution in [3.05, 3.63) is 56.2 Å². The number of rotatable bonds is 20. The zero-order chi connectivity index (χ0) is 31.3. The number of thioether (sulfide) groups is 2. The fourth-order valence-electron chi connectivity index (χ4n) is 4.50. The molecule has 0 aliphatic heterocycles. The molecule has 4 nitrogen and oxygen atoms in total. The average Bonchev–Trinajstić information content (AvgIpc) is 2.98. The van der Waals surface area contributed by atoms with Gasteiger partial charge in [0.1, 0.15) is 11.5 Å². The number of ether oxygens (including phenoxy) is 2. The summed E-state index contributed by atoms with van der Waals surface area (Å²) in [6.07, 6.45) is 14.6. The van der Waals surface area contributed by atoms with E-state index in [1.54, 1.807) is 13.8 Å². The van der Waals surface area contributed by atoms with Gasteiger partial charge in [0.15, 0.2) is 10.2 Å². The van der Waals surface area contributed by atoms with E-state index in [-0.39, 0.29) is 10.2 Å². The monoisotopic (exact) mass is 736 g/mol. The SMILES string of the molecule is CCCCCCCCOc1cc(C#Cc2cc(CSC(C)=O)cc(CSC(C)=O)c2)c(OCCCCCCCC)cc1I. The van der Waals surface area contributed by atoms with Crippen LogP contribution in [-0.2, 0) is 21.1 Å². The lowest BCUT2D eigenvalue weighted by Gasteiger charge is -2.13. The predicted molar refractivity (Wildman–Crippen MR) is 193 cm³/mol. The number of hydrogen-bond acceptors (Lipinski definition) is 6. The molecule has 0 saturated carbocycles. The molecule has 0 aliphatic rings. The highest BCUT2D eigenvalue weighted by Crippen LogP contribution is 2.31. The zero-order valence-electron chi connectivity index (χ0n) is 26.5. The fourth-order valence-corrected chi connectivity index (χ4v) is 6.17. The Morgan fingerprint density at radius 1 is 0.651 bits per heavy atom. The second-order valence-corrected chi connectivity index (χ2v) is 14.3. The normalized spacial score (nSPS) is 10.7. The Morgan fingerprint density at radius 3 is 1.65 bits per heavy atom. The number of benzene rings is 2. The van der Waals surface area contributed by atoms with Gasteiger partial charge in [0.2, 0.25) is 0 Å². The molecule has 0 atom stereocenters. The van der Waals surface area contributed by atoms with Gasteiger partial charge >= 0.3 is 0 Å². The second kappa shape index (κ2) is 22.8. The Bertz CT molecular complexity index is 1170. The highest BCUT2D eigenvalue weighted by molar-refractivity contribution is 14.1. The highest BCUT2D eigenvalue weighted by Gasteiger charge is 2.11. The van der Waals surface area contributed by atoms with Gasteiger partial charge in [0.05, 0.1) is 22.3 Å². The topological polar surface area (TPSA) is 52.6 Å². The molecule has 43 heavy (non-hydrogen) atoms. The molecular weight excluding hydrogens is 687 g/mol. The van der Waals surface area contributed by atoms with Crippen molar-refractivity contribution in [2.45, 2.75) is 116 Å². The van der Waals surface area contributed by atoms with E-state index >= 15 is 0 Å². The van der Waals surface area contributed by atoms with Crippen molar-refractivity contribution in [3.8, 4) is 23.3 Å². The minimum Gasteiger partial charge on any atom is -0.492 e. The Balaban J connectivity index is 2.26. The average molecular weight is 737 g/mol. The lowest BCUT2D eigenvalue weighted by Crippen LogP contribution is -2.03. The number of hydrogen-bond donors (Lipinski definition) is 0. The molecule has 0 saturated heterocycles. The third-order valence-corrected chi connectivity index (χ3v) is 9.43. The third kappa shape index (κ3) is 16.9. The number of unbranched alkanes of at least 4 members (excludes halogenated alkanes) is 10. The molecule has 0 fully saturated rings. The van der Waals surface area contributed by atoms with Gasteiger partial charge in [-0.2, -0.15) is 0 Å². The molecule has 0 aromatic heterocycles. The summed E-state index contributed by atoms with van der Waals surface area (Å²) in [5.74, 6) is 9.50. The third-order valence-electron chi connectivity index (χ3n) is 6.82. The molecule has 7 heteroatoms. The number of carbonyl (C=O) groups excluding carboxylic acids is 2. The second-order valence-electron chi connectivity index (χ2n) is 10.9. The molecule has 0 unspecified atom stereocenters. The largest absolute Gasteiger partial charge is 0.492 e. The van der Waals surface area contributed by atoms with Crippen LogP contribution in [0.2, 0.25) is 0 Å². The minimum atomic E-state index is 0.0793. The van der Waals surface area contributed by atoms with Crippen LogP contribution in [-0.4, -0.2) is 23.4 Å². The Morgan fingerprint density at radius 2 is 1.14 bits per heavy atom. The molecule has 0 spiro atoms. The maximum absolute atomic E-state index is 11.6. The summed E-state index contributed by atoms with van der Waals surface area (Å²) in [6.45, 7) is 9.00. The maximum Gasteiger partial charge on any atom is 0.186 e. The van der Waals surface area contributed by atoms with Crippen LogP contribution >= 0.6 is 46.1 Å². The van der Waals surface area contributed by atoms with Gasteiger partial charge < -0.3 is 9.47 Å². The Labute approximate surface area is 282 Å². The van der Waals surface area contributed by atoms with Gasteiger partial charge in [-0.15, -0.1) is 0 Å². The van der Waals surface area contributed by atoms with E-state index in [2.05, 4.69) is 54.3 Å². The van der Waals surface area contributed by atoms with E-state index in [4.69, 9.17) is 9.47 Å². The number of carbonyl (C=O) groups is 2. The molecule has 0 N–H and O–H groups in total. The fraction of sp³-hybridized carbons (Fsp3) is 0.556. The van der Waals surface area contributed by atoms with Crippen molar-refractivity contribution >= 4 is 56.3 Å². The van der Waals surface area contributed by atoms with Gasteiger partial charge in [-0.1, -0.05) is 119 Å². The van der Waals surface area contributed by atoms with Gasteiger partial charge in [-0.3, -0.25) is 9.59 Å². The first-order chi connectivity index (χ1) is 20.8. The van der Waals surface area contributed by atoms with E-state index in [1.165, 1.54) is 87.7 Å². The molecule has 236 valence electrons. The van der Waals surface area contributed by atoms with Crippen molar-refractivity contribution in [2.24, 2.45) is 0 Å². The minimum absolute atomic E-state index is 0.0793. The van der Waals surface area contributed by atoms with Crippen LogP contribution in [0.5, 0.6) is 11.5 Å². The Hall–Kier alpha value is -1.63. The molecule has 2 rings (SSSR count). The van der Waals surface area contributed by atoms with Crippen molar-refractivity contribution in [2.75, 3.05) is 13.2 Å². The first-order valence-corrected chi connectivity index (χ1v) is 18.9. The lowest BCUT2D eigenvalue weighted by atomic mass is 10.1. The van der Waals surface area contributed by atoms with E-state index < -0.39 is 0 Å². The Kier molecular flexibility index (Phi) is 19.9. The van der Waals surface area contributed by atoms with Crippen LogP contribution in [0.25, 0.3) is 0 Å². The summed E-state index contributed by atoms with van der Waals surface area (Å²) < 4.78 is 13.5. The van der Waals surface area contributed by atoms with Crippen LogP contribution < -0.4 is 9.47 Å². The molecule has 2 aromatic carbocycles. The summed E-state index contributed by atoms with van der Waals surface area (Å²) in [6, 6.07) is 10.2. The van der Waals surface area contributed by atoms with Crippen LogP contribution in [0.1, 0.15) is 127 Å². The summed E-state index contributed by atoms with van der Waals surface area (Å²) >= 11 is 4.89. The van der Waals surface area contributed by atoms with Gasteiger partial charge in [0.25, 0.3) is 0 Å². The van der Waals surface area contributed by atoms with Crippen molar-refractivity contribution in [1.29, 1.82) is 0 Å². The lowest BCUT2D eigenvalue weighted by molar-refractivity contribution is -0.109. The maximum atomic E-state index is 11.6. The van der Waals surface area contributed by atoms with Gasteiger partial charge in [-0.25, -0.2) is 0 Å². The van der Waals surface area contributed by atoms with Gasteiger partial charge in [0, 0.05) is 37.0 Å². The zero-order valence-corrected chi connectivity index (χ0v) is 30.3. The molecule has 0 radical (unpaired) electrons. The van der Waals surface area contributed by atoms with E-state index in [1.807, 2.05) is 24.3 Å². The standard InChI is InChI=1S/C36H49IO4S2/c1-5-7-9-11-13-15-19-40-35-25-34(37)36(41-20-16-14-12-10-8-6-2)24-33(35)18-17-30-21-31(26-42-28(3)38)23-32(22-30)27-43-29(4)39/h21-25H,5-16,19-20,26-27H2,1-4H3. The van der Waals surface area contributed by atoms with E-state index in [0.717, 1.165) is 50.2 Å². The smallest absolute Gasteiger partial charge is 0.186 e. The predicted octanol–water partition coefficient (Wildman–Crippen LogP) is 10.7. The molecule has 0 bridgehead atoms. The van der Waals surface area contributed by atoms with Crippen LogP contribution in [0.3, 0.4) is 0 Å². The van der Waals surface area contributed by atoms with E-state index in [9.17, 15) is 9.59 Å². The summed E-state index contributed by atoms with van der Waals surface area (Å²) in [4.78, 5) is 23.2.